The van der Waals surface area contributed by atoms with Crippen molar-refractivity contribution >= 4 is 16.9 Å². The minimum atomic E-state index is -0.960. The van der Waals surface area contributed by atoms with E-state index < -0.39 is 12.1 Å². The number of hydrogen-bond acceptors (Lipinski definition) is 5. The number of para-hydroxylation sites is 1. The number of carbonyl (C=O) groups is 1. The van der Waals surface area contributed by atoms with Gasteiger partial charge < -0.3 is 19.3 Å². The molecule has 1 heterocycles. The van der Waals surface area contributed by atoms with Crippen molar-refractivity contribution < 1.29 is 24.1 Å². The van der Waals surface area contributed by atoms with Crippen LogP contribution in [0.2, 0.25) is 0 Å². The number of nitrogens with zero attached hydrogens (tertiary/aromatic N) is 1. The molecule has 0 aliphatic heterocycles. The molecule has 0 amide bonds. The molecule has 1 unspecified atom stereocenters. The lowest BCUT2D eigenvalue weighted by molar-refractivity contribution is -0.149. The third-order valence-corrected chi connectivity index (χ3v) is 4.39. The number of aromatic nitrogens is 1. The zero-order valence-electron chi connectivity index (χ0n) is 15.9. The van der Waals surface area contributed by atoms with Crippen LogP contribution in [-0.2, 0) is 22.6 Å². The summed E-state index contributed by atoms with van der Waals surface area (Å²) in [6.07, 6.45) is 1.23. The minimum absolute atomic E-state index is 0.311. The summed E-state index contributed by atoms with van der Waals surface area (Å²) in [7, 11) is 1.64. The second-order valence-corrected chi connectivity index (χ2v) is 6.25. The first-order chi connectivity index (χ1) is 13.6. The van der Waals surface area contributed by atoms with Gasteiger partial charge in [-0.2, -0.15) is 0 Å². The Morgan fingerprint density at radius 1 is 1.14 bits per heavy atom. The predicted octanol–water partition coefficient (Wildman–Crippen LogP) is 3.85. The smallest absolute Gasteiger partial charge is 0.333 e. The largest absolute Gasteiger partial charge is 0.496 e. The molecule has 6 nitrogen and oxygen atoms in total. The predicted molar refractivity (Wildman–Crippen MR) is 106 cm³/mol. The summed E-state index contributed by atoms with van der Waals surface area (Å²) in [5.41, 5.74) is 2.60. The number of aliphatic carboxylic acids is 1. The third kappa shape index (κ3) is 4.58. The molecule has 0 saturated heterocycles. The minimum Gasteiger partial charge on any atom is -0.496 e. The SMILES string of the molecule is CCOC(Cc1ccc(OCc2cnc3ccccc3c2OC)cc1)C(=O)O. The fourth-order valence-corrected chi connectivity index (χ4v) is 3.02. The van der Waals surface area contributed by atoms with E-state index in [2.05, 4.69) is 4.98 Å². The average Bonchev–Trinajstić information content (AvgIpc) is 2.72. The fraction of sp³-hybridized carbons (Fsp3) is 0.273. The van der Waals surface area contributed by atoms with E-state index in [4.69, 9.17) is 14.2 Å². The van der Waals surface area contributed by atoms with Crippen molar-refractivity contribution in [2.45, 2.75) is 26.1 Å². The first kappa shape index (κ1) is 19.6. The van der Waals surface area contributed by atoms with Crippen molar-refractivity contribution in [1.82, 2.24) is 4.98 Å². The van der Waals surface area contributed by atoms with Crippen molar-refractivity contribution in [3.63, 3.8) is 0 Å². The summed E-state index contributed by atoms with van der Waals surface area (Å²) >= 11 is 0. The lowest BCUT2D eigenvalue weighted by atomic mass is 10.1. The van der Waals surface area contributed by atoms with E-state index >= 15 is 0 Å². The van der Waals surface area contributed by atoms with Gasteiger partial charge in [0.25, 0.3) is 0 Å². The van der Waals surface area contributed by atoms with E-state index in [0.29, 0.717) is 25.4 Å². The molecule has 28 heavy (non-hydrogen) atoms. The molecule has 1 atom stereocenters. The number of ether oxygens (including phenoxy) is 3. The van der Waals surface area contributed by atoms with Crippen LogP contribution in [0.25, 0.3) is 10.9 Å². The summed E-state index contributed by atoms with van der Waals surface area (Å²) in [5, 5.41) is 10.1. The molecule has 1 aromatic heterocycles. The molecule has 0 fully saturated rings. The van der Waals surface area contributed by atoms with Crippen LogP contribution in [0.4, 0.5) is 0 Å². The summed E-state index contributed by atoms with van der Waals surface area (Å²) in [6.45, 7) is 2.46. The van der Waals surface area contributed by atoms with Gasteiger partial charge in [-0.05, 0) is 36.8 Å². The van der Waals surface area contributed by atoms with Crippen LogP contribution in [0.15, 0.2) is 54.7 Å². The Morgan fingerprint density at radius 2 is 1.89 bits per heavy atom. The highest BCUT2D eigenvalue weighted by Gasteiger charge is 2.18. The van der Waals surface area contributed by atoms with Gasteiger partial charge in [-0.25, -0.2) is 4.79 Å². The Morgan fingerprint density at radius 3 is 2.57 bits per heavy atom. The zero-order chi connectivity index (χ0) is 19.9. The lowest BCUT2D eigenvalue weighted by Crippen LogP contribution is -2.26. The van der Waals surface area contributed by atoms with Gasteiger partial charge in [-0.3, -0.25) is 4.98 Å². The molecule has 6 heteroatoms. The number of fused-ring (bicyclic) bond motifs is 1. The maximum absolute atomic E-state index is 11.2. The summed E-state index contributed by atoms with van der Waals surface area (Å²) in [5.74, 6) is 0.476. The van der Waals surface area contributed by atoms with Crippen molar-refractivity contribution in [3.05, 3.63) is 65.9 Å². The number of methoxy groups -OCH3 is 1. The average molecular weight is 381 g/mol. The van der Waals surface area contributed by atoms with Crippen LogP contribution in [-0.4, -0.2) is 35.9 Å². The molecule has 0 saturated carbocycles. The number of hydrogen-bond donors (Lipinski definition) is 1. The van der Waals surface area contributed by atoms with Gasteiger partial charge in [0.1, 0.15) is 18.1 Å². The number of carboxylic acids is 1. The molecule has 0 radical (unpaired) electrons. The van der Waals surface area contributed by atoms with Crippen molar-refractivity contribution in [2.75, 3.05) is 13.7 Å². The maximum atomic E-state index is 11.2. The second kappa shape index (κ2) is 9.19. The van der Waals surface area contributed by atoms with Crippen molar-refractivity contribution in [1.29, 1.82) is 0 Å². The van der Waals surface area contributed by atoms with E-state index in [-0.39, 0.29) is 0 Å². The third-order valence-electron chi connectivity index (χ3n) is 4.39. The Kier molecular flexibility index (Phi) is 6.45. The van der Waals surface area contributed by atoms with Crippen LogP contribution in [0, 0.1) is 0 Å². The van der Waals surface area contributed by atoms with Crippen LogP contribution in [0.3, 0.4) is 0 Å². The molecule has 0 bridgehead atoms. The van der Waals surface area contributed by atoms with E-state index in [9.17, 15) is 9.90 Å². The Hall–Kier alpha value is -3.12. The summed E-state index contributed by atoms with van der Waals surface area (Å²) in [4.78, 5) is 15.7. The monoisotopic (exact) mass is 381 g/mol. The maximum Gasteiger partial charge on any atom is 0.333 e. The van der Waals surface area contributed by atoms with Gasteiger partial charge in [-0.1, -0.05) is 24.3 Å². The van der Waals surface area contributed by atoms with Crippen LogP contribution < -0.4 is 9.47 Å². The first-order valence-electron chi connectivity index (χ1n) is 9.09. The molecule has 0 aliphatic carbocycles. The fourth-order valence-electron chi connectivity index (χ4n) is 3.02. The van der Waals surface area contributed by atoms with Gasteiger partial charge in [-0.15, -0.1) is 0 Å². The molecule has 0 spiro atoms. The van der Waals surface area contributed by atoms with Gasteiger partial charge in [0.05, 0.1) is 18.2 Å². The molecule has 0 aliphatic rings. The van der Waals surface area contributed by atoms with Gasteiger partial charge >= 0.3 is 5.97 Å². The quantitative estimate of drug-likeness (QED) is 0.607. The van der Waals surface area contributed by atoms with Gasteiger partial charge in [0, 0.05) is 24.6 Å². The highest BCUT2D eigenvalue weighted by molar-refractivity contribution is 5.86. The molecule has 3 aromatic rings. The van der Waals surface area contributed by atoms with Crippen LogP contribution in [0.1, 0.15) is 18.1 Å². The van der Waals surface area contributed by atoms with Crippen molar-refractivity contribution in [2.24, 2.45) is 0 Å². The molecule has 3 rings (SSSR count). The Balaban J connectivity index is 1.68. The Labute approximate surface area is 163 Å². The number of rotatable bonds is 9. The second-order valence-electron chi connectivity index (χ2n) is 6.25. The molecule has 2 aromatic carbocycles. The molecular formula is C22H23NO5. The Bertz CT molecular complexity index is 939. The molecule has 146 valence electrons. The van der Waals surface area contributed by atoms with Gasteiger partial charge in [0.15, 0.2) is 6.10 Å². The highest BCUT2D eigenvalue weighted by Crippen LogP contribution is 2.29. The lowest BCUT2D eigenvalue weighted by Gasteiger charge is -2.14. The first-order valence-corrected chi connectivity index (χ1v) is 9.09. The van der Waals surface area contributed by atoms with E-state index in [0.717, 1.165) is 27.8 Å². The van der Waals surface area contributed by atoms with Crippen LogP contribution in [0.5, 0.6) is 11.5 Å². The molecular weight excluding hydrogens is 358 g/mol. The van der Waals surface area contributed by atoms with E-state index in [1.54, 1.807) is 20.2 Å². The van der Waals surface area contributed by atoms with E-state index in [1.807, 2.05) is 48.5 Å². The summed E-state index contributed by atoms with van der Waals surface area (Å²) in [6, 6.07) is 15.1. The highest BCUT2D eigenvalue weighted by atomic mass is 16.5. The zero-order valence-corrected chi connectivity index (χ0v) is 15.9. The van der Waals surface area contributed by atoms with E-state index in [1.165, 1.54) is 0 Å². The summed E-state index contributed by atoms with van der Waals surface area (Å²) < 4.78 is 16.7. The topological polar surface area (TPSA) is 77.9 Å². The number of carboxylic acid groups (broad SMARTS) is 1. The van der Waals surface area contributed by atoms with Crippen LogP contribution >= 0.6 is 0 Å². The molecule has 1 N–H and O–H groups in total. The number of benzene rings is 2. The number of pyridine rings is 1. The normalized spacial score (nSPS) is 11.9. The van der Waals surface area contributed by atoms with Gasteiger partial charge in [0.2, 0.25) is 0 Å². The standard InChI is InChI=1S/C22H23NO5/c1-3-27-20(22(24)25)12-15-8-10-17(11-9-15)28-14-16-13-23-19-7-5-4-6-18(19)21(16)26-2/h4-11,13,20H,3,12,14H2,1-2H3,(H,24,25). The van der Waals surface area contributed by atoms with Crippen molar-refractivity contribution in [3.8, 4) is 11.5 Å².